The zero-order valence-corrected chi connectivity index (χ0v) is 16.6. The van der Waals surface area contributed by atoms with Crippen molar-refractivity contribution in [1.29, 1.82) is 0 Å². The van der Waals surface area contributed by atoms with Crippen LogP contribution in [0.3, 0.4) is 0 Å². The lowest BCUT2D eigenvalue weighted by atomic mass is 10.2. The largest absolute Gasteiger partial charge is 0.452 e. The van der Waals surface area contributed by atoms with Gasteiger partial charge in [0, 0.05) is 24.2 Å². The maximum Gasteiger partial charge on any atom is 0.308 e. The van der Waals surface area contributed by atoms with E-state index < -0.39 is 12.1 Å². The van der Waals surface area contributed by atoms with Gasteiger partial charge in [0.05, 0.1) is 17.9 Å². The van der Waals surface area contributed by atoms with Gasteiger partial charge in [0.15, 0.2) is 6.10 Å². The maximum absolute atomic E-state index is 12.5. The SMILES string of the molecule is C[C@H](OC(=O)CCN1C(=O)CSc2ccccc21)C(=O)N(C)c1ccccc1. The smallest absolute Gasteiger partial charge is 0.308 e. The van der Waals surface area contributed by atoms with E-state index in [4.69, 9.17) is 4.74 Å². The summed E-state index contributed by atoms with van der Waals surface area (Å²) in [4.78, 5) is 41.0. The van der Waals surface area contributed by atoms with Gasteiger partial charge in [0.25, 0.3) is 5.91 Å². The van der Waals surface area contributed by atoms with Crippen molar-refractivity contribution in [2.75, 3.05) is 29.1 Å². The first-order chi connectivity index (χ1) is 13.5. The number of hydrogen-bond acceptors (Lipinski definition) is 5. The van der Waals surface area contributed by atoms with Gasteiger partial charge in [-0.25, -0.2) is 0 Å². The van der Waals surface area contributed by atoms with Gasteiger partial charge < -0.3 is 14.5 Å². The van der Waals surface area contributed by atoms with Gasteiger partial charge in [0.1, 0.15) is 0 Å². The van der Waals surface area contributed by atoms with Crippen molar-refractivity contribution < 1.29 is 19.1 Å². The minimum Gasteiger partial charge on any atom is -0.452 e. The lowest BCUT2D eigenvalue weighted by molar-refractivity contribution is -0.153. The average molecular weight is 398 g/mol. The number of rotatable bonds is 6. The number of esters is 1. The fourth-order valence-electron chi connectivity index (χ4n) is 2.96. The first-order valence-corrected chi connectivity index (χ1v) is 10.00. The Morgan fingerprint density at radius 3 is 2.57 bits per heavy atom. The van der Waals surface area contributed by atoms with E-state index in [2.05, 4.69) is 0 Å². The third-order valence-electron chi connectivity index (χ3n) is 4.48. The molecule has 0 aliphatic carbocycles. The number of para-hydroxylation sites is 2. The van der Waals surface area contributed by atoms with Crippen molar-refractivity contribution in [1.82, 2.24) is 0 Å². The first kappa shape index (κ1) is 19.9. The second-order valence-electron chi connectivity index (χ2n) is 6.42. The molecule has 2 aromatic rings. The number of hydrogen-bond donors (Lipinski definition) is 0. The Bertz CT molecular complexity index is 872. The van der Waals surface area contributed by atoms with E-state index in [0.717, 1.165) is 16.3 Å². The highest BCUT2D eigenvalue weighted by atomic mass is 32.2. The van der Waals surface area contributed by atoms with Crippen molar-refractivity contribution in [3.8, 4) is 0 Å². The van der Waals surface area contributed by atoms with Crippen molar-refractivity contribution >= 4 is 40.9 Å². The molecule has 1 heterocycles. The molecule has 0 spiro atoms. The van der Waals surface area contributed by atoms with Gasteiger partial charge in [-0.3, -0.25) is 14.4 Å². The summed E-state index contributed by atoms with van der Waals surface area (Å²) in [6.45, 7) is 1.78. The number of carbonyl (C=O) groups is 3. The molecule has 0 aromatic heterocycles. The molecule has 0 radical (unpaired) electrons. The predicted octanol–water partition coefficient (Wildman–Crippen LogP) is 3.11. The highest BCUT2D eigenvalue weighted by Gasteiger charge is 2.26. The summed E-state index contributed by atoms with van der Waals surface area (Å²) >= 11 is 1.49. The minimum absolute atomic E-state index is 0.0252. The van der Waals surface area contributed by atoms with E-state index >= 15 is 0 Å². The van der Waals surface area contributed by atoms with Crippen LogP contribution in [0, 0.1) is 0 Å². The van der Waals surface area contributed by atoms with Crippen LogP contribution in [0.4, 0.5) is 11.4 Å². The van der Waals surface area contributed by atoms with Crippen LogP contribution < -0.4 is 9.80 Å². The number of anilines is 2. The van der Waals surface area contributed by atoms with Gasteiger partial charge in [-0.1, -0.05) is 30.3 Å². The fraction of sp³-hybridized carbons (Fsp3) is 0.286. The Morgan fingerprint density at radius 2 is 1.82 bits per heavy atom. The van der Waals surface area contributed by atoms with Gasteiger partial charge in [-0.05, 0) is 31.2 Å². The quantitative estimate of drug-likeness (QED) is 0.700. The molecule has 1 aliphatic rings. The van der Waals surface area contributed by atoms with E-state index in [1.807, 2.05) is 54.6 Å². The predicted molar refractivity (Wildman–Crippen MR) is 110 cm³/mol. The molecule has 1 aliphatic heterocycles. The topological polar surface area (TPSA) is 66.9 Å². The number of amides is 2. The molecule has 1 atom stereocenters. The molecular formula is C21H22N2O4S. The number of nitrogens with zero attached hydrogens (tertiary/aromatic N) is 2. The molecule has 146 valence electrons. The number of benzene rings is 2. The second-order valence-corrected chi connectivity index (χ2v) is 7.43. The Labute approximate surface area is 168 Å². The van der Waals surface area contributed by atoms with E-state index in [1.54, 1.807) is 18.9 Å². The highest BCUT2D eigenvalue weighted by molar-refractivity contribution is 8.00. The molecule has 0 fully saturated rings. The molecule has 3 rings (SSSR count). The molecule has 0 saturated carbocycles. The third-order valence-corrected chi connectivity index (χ3v) is 5.53. The Kier molecular flexibility index (Phi) is 6.36. The van der Waals surface area contributed by atoms with Crippen LogP contribution in [-0.2, 0) is 19.1 Å². The van der Waals surface area contributed by atoms with Crippen LogP contribution >= 0.6 is 11.8 Å². The normalized spacial score (nSPS) is 14.2. The van der Waals surface area contributed by atoms with Crippen LogP contribution in [-0.4, -0.2) is 43.2 Å². The number of thioether (sulfide) groups is 1. The third kappa shape index (κ3) is 4.54. The summed E-state index contributed by atoms with van der Waals surface area (Å²) < 4.78 is 5.30. The summed E-state index contributed by atoms with van der Waals surface area (Å²) in [6, 6.07) is 16.8. The van der Waals surface area contributed by atoms with E-state index in [9.17, 15) is 14.4 Å². The van der Waals surface area contributed by atoms with Crippen LogP contribution in [0.2, 0.25) is 0 Å². The molecule has 2 aromatic carbocycles. The van der Waals surface area contributed by atoms with Gasteiger partial charge in [-0.15, -0.1) is 11.8 Å². The van der Waals surface area contributed by atoms with Gasteiger partial charge in [-0.2, -0.15) is 0 Å². The van der Waals surface area contributed by atoms with Gasteiger partial charge in [0.2, 0.25) is 5.91 Å². The number of carbonyl (C=O) groups excluding carboxylic acids is 3. The zero-order chi connectivity index (χ0) is 20.1. The van der Waals surface area contributed by atoms with Crippen LogP contribution in [0.5, 0.6) is 0 Å². The van der Waals surface area contributed by atoms with Crippen LogP contribution in [0.25, 0.3) is 0 Å². The van der Waals surface area contributed by atoms with Crippen molar-refractivity contribution in [2.45, 2.75) is 24.3 Å². The highest BCUT2D eigenvalue weighted by Crippen LogP contribution is 2.34. The van der Waals surface area contributed by atoms with E-state index in [1.165, 1.54) is 16.7 Å². The lowest BCUT2D eigenvalue weighted by Gasteiger charge is -2.28. The standard InChI is InChI=1S/C21H22N2O4S/c1-15(21(26)22(2)16-8-4-3-5-9-16)27-20(25)12-13-23-17-10-6-7-11-18(17)28-14-19(23)24/h3-11,15H,12-14H2,1-2H3/t15-/m0/s1. The second kappa shape index (κ2) is 8.93. The molecular weight excluding hydrogens is 376 g/mol. The Morgan fingerprint density at radius 1 is 1.14 bits per heavy atom. The fourth-order valence-corrected chi connectivity index (χ4v) is 3.90. The average Bonchev–Trinajstić information content (AvgIpc) is 2.72. The molecule has 0 unspecified atom stereocenters. The first-order valence-electron chi connectivity index (χ1n) is 9.01. The summed E-state index contributed by atoms with van der Waals surface area (Å²) in [5.41, 5.74) is 1.54. The van der Waals surface area contributed by atoms with E-state index in [0.29, 0.717) is 5.75 Å². The number of ether oxygens (including phenoxy) is 1. The van der Waals surface area contributed by atoms with E-state index in [-0.39, 0.29) is 24.8 Å². The molecule has 0 bridgehead atoms. The molecule has 0 N–H and O–H groups in total. The van der Waals surface area contributed by atoms with Crippen molar-refractivity contribution in [3.05, 3.63) is 54.6 Å². The Balaban J connectivity index is 1.56. The Hall–Kier alpha value is -2.80. The number of likely N-dealkylation sites (N-methyl/N-ethyl adjacent to an activating group) is 1. The summed E-state index contributed by atoms with van der Waals surface area (Å²) in [6.07, 6.45) is -0.880. The van der Waals surface area contributed by atoms with Crippen LogP contribution in [0.1, 0.15) is 13.3 Å². The van der Waals surface area contributed by atoms with Crippen LogP contribution in [0.15, 0.2) is 59.5 Å². The molecule has 2 amide bonds. The lowest BCUT2D eigenvalue weighted by Crippen LogP contribution is -2.39. The molecule has 6 nitrogen and oxygen atoms in total. The van der Waals surface area contributed by atoms with Gasteiger partial charge >= 0.3 is 5.97 Å². The summed E-state index contributed by atoms with van der Waals surface area (Å²) in [5, 5.41) is 0. The minimum atomic E-state index is -0.905. The molecule has 28 heavy (non-hydrogen) atoms. The molecule has 0 saturated heterocycles. The zero-order valence-electron chi connectivity index (χ0n) is 15.8. The molecule has 7 heteroatoms. The van der Waals surface area contributed by atoms with Crippen molar-refractivity contribution in [3.63, 3.8) is 0 Å². The van der Waals surface area contributed by atoms with Crippen molar-refractivity contribution in [2.24, 2.45) is 0 Å². The summed E-state index contributed by atoms with van der Waals surface area (Å²) in [7, 11) is 1.64. The number of fused-ring (bicyclic) bond motifs is 1. The monoisotopic (exact) mass is 398 g/mol. The maximum atomic E-state index is 12.5. The summed E-state index contributed by atoms with van der Waals surface area (Å²) in [5.74, 6) is -0.506.